The van der Waals surface area contributed by atoms with Crippen molar-refractivity contribution in [3.8, 4) is 5.75 Å². The van der Waals surface area contributed by atoms with Crippen LogP contribution in [0.25, 0.3) is 0 Å². The lowest BCUT2D eigenvalue weighted by Crippen LogP contribution is -2.35. The molecular weight excluding hydrogens is 356 g/mol. The standard InChI is InChI=1S/C20H30N6O2/c1-4-25(5-2)13-14-28-18-11-7-6-9-16(18)22-20(27)26-12-8-10-17(26)19-23-21-15-24(19)3/h6-7,9,11,15,17H,4-5,8,10,12-14H2,1-3H3,(H,22,27). The summed E-state index contributed by atoms with van der Waals surface area (Å²) in [6.45, 7) is 8.42. The van der Waals surface area contributed by atoms with Crippen LogP contribution < -0.4 is 10.1 Å². The first-order chi connectivity index (χ1) is 13.6. The number of hydrogen-bond donors (Lipinski definition) is 1. The number of likely N-dealkylation sites (tertiary alicyclic amines) is 1. The van der Waals surface area contributed by atoms with Gasteiger partial charge in [0.25, 0.3) is 0 Å². The fourth-order valence-electron chi connectivity index (χ4n) is 3.58. The molecule has 1 N–H and O–H groups in total. The Balaban J connectivity index is 1.65. The van der Waals surface area contributed by atoms with E-state index in [0.29, 0.717) is 24.6 Å². The number of likely N-dealkylation sites (N-methyl/N-ethyl adjacent to an activating group) is 1. The van der Waals surface area contributed by atoms with E-state index in [2.05, 4.69) is 34.3 Å². The number of ether oxygens (including phenoxy) is 1. The molecule has 8 heteroatoms. The highest BCUT2D eigenvalue weighted by Crippen LogP contribution is 2.32. The zero-order valence-corrected chi connectivity index (χ0v) is 17.0. The molecule has 0 radical (unpaired) electrons. The van der Waals surface area contributed by atoms with Crippen molar-refractivity contribution in [1.82, 2.24) is 24.6 Å². The minimum atomic E-state index is -0.134. The Kier molecular flexibility index (Phi) is 6.86. The molecule has 1 unspecified atom stereocenters. The van der Waals surface area contributed by atoms with Gasteiger partial charge in [-0.15, -0.1) is 10.2 Å². The van der Waals surface area contributed by atoms with Crippen LogP contribution >= 0.6 is 0 Å². The summed E-state index contributed by atoms with van der Waals surface area (Å²) in [5.74, 6) is 1.51. The van der Waals surface area contributed by atoms with E-state index in [1.54, 1.807) is 6.33 Å². The Bertz CT molecular complexity index is 774. The highest BCUT2D eigenvalue weighted by atomic mass is 16.5. The number of amides is 2. The number of nitrogens with one attached hydrogen (secondary N) is 1. The number of rotatable bonds is 8. The van der Waals surface area contributed by atoms with Gasteiger partial charge in [0.2, 0.25) is 0 Å². The number of urea groups is 1. The van der Waals surface area contributed by atoms with E-state index >= 15 is 0 Å². The van der Waals surface area contributed by atoms with Crippen LogP contribution in [0.15, 0.2) is 30.6 Å². The lowest BCUT2D eigenvalue weighted by Gasteiger charge is -2.25. The average molecular weight is 387 g/mol. The topological polar surface area (TPSA) is 75.5 Å². The van der Waals surface area contributed by atoms with Crippen LogP contribution in [-0.4, -0.2) is 63.4 Å². The second-order valence-electron chi connectivity index (χ2n) is 6.95. The molecule has 1 aliphatic heterocycles. The molecule has 152 valence electrons. The summed E-state index contributed by atoms with van der Waals surface area (Å²) in [5, 5.41) is 11.2. The zero-order valence-electron chi connectivity index (χ0n) is 17.0. The molecule has 0 saturated carbocycles. The van der Waals surface area contributed by atoms with Gasteiger partial charge in [0.15, 0.2) is 5.82 Å². The predicted octanol–water partition coefficient (Wildman–Crippen LogP) is 2.90. The van der Waals surface area contributed by atoms with Crippen LogP contribution in [0.3, 0.4) is 0 Å². The van der Waals surface area contributed by atoms with Crippen molar-refractivity contribution in [2.75, 3.05) is 38.1 Å². The van der Waals surface area contributed by atoms with Gasteiger partial charge >= 0.3 is 6.03 Å². The van der Waals surface area contributed by atoms with Crippen molar-refractivity contribution >= 4 is 11.7 Å². The maximum atomic E-state index is 13.0. The van der Waals surface area contributed by atoms with Crippen molar-refractivity contribution in [3.63, 3.8) is 0 Å². The molecule has 2 aromatic rings. The fraction of sp³-hybridized carbons (Fsp3) is 0.550. The van der Waals surface area contributed by atoms with E-state index in [-0.39, 0.29) is 12.1 Å². The molecule has 0 spiro atoms. The number of carbonyl (C=O) groups is 1. The van der Waals surface area contributed by atoms with Gasteiger partial charge in [-0.25, -0.2) is 4.79 Å². The van der Waals surface area contributed by atoms with Crippen LogP contribution in [0.4, 0.5) is 10.5 Å². The van der Waals surface area contributed by atoms with Gasteiger partial charge in [0.05, 0.1) is 11.7 Å². The normalized spacial score (nSPS) is 16.6. The molecule has 0 bridgehead atoms. The van der Waals surface area contributed by atoms with E-state index in [4.69, 9.17) is 4.74 Å². The van der Waals surface area contributed by atoms with Crippen molar-refractivity contribution in [2.45, 2.75) is 32.7 Å². The Labute approximate surface area is 166 Å². The SMILES string of the molecule is CCN(CC)CCOc1ccccc1NC(=O)N1CCCC1c1nncn1C. The van der Waals surface area contributed by atoms with Gasteiger partial charge in [0, 0.05) is 20.1 Å². The van der Waals surface area contributed by atoms with Crippen molar-refractivity contribution in [2.24, 2.45) is 7.05 Å². The Morgan fingerprint density at radius 2 is 2.11 bits per heavy atom. The third-order valence-corrected chi connectivity index (χ3v) is 5.25. The number of hydrogen-bond acceptors (Lipinski definition) is 5. The molecule has 1 aliphatic rings. The molecule has 1 saturated heterocycles. The van der Waals surface area contributed by atoms with E-state index in [1.165, 1.54) is 0 Å². The maximum Gasteiger partial charge on any atom is 0.322 e. The molecule has 1 aromatic carbocycles. The van der Waals surface area contributed by atoms with E-state index < -0.39 is 0 Å². The first-order valence-corrected chi connectivity index (χ1v) is 9.99. The van der Waals surface area contributed by atoms with Gasteiger partial charge < -0.3 is 24.4 Å². The van der Waals surface area contributed by atoms with Gasteiger partial charge in [-0.1, -0.05) is 26.0 Å². The first-order valence-electron chi connectivity index (χ1n) is 9.99. The van der Waals surface area contributed by atoms with Crippen molar-refractivity contribution in [1.29, 1.82) is 0 Å². The number of para-hydroxylation sites is 2. The summed E-state index contributed by atoms with van der Waals surface area (Å²) in [6.07, 6.45) is 3.51. The van der Waals surface area contributed by atoms with Crippen LogP contribution in [0.1, 0.15) is 38.6 Å². The van der Waals surface area contributed by atoms with E-state index in [1.807, 2.05) is 40.8 Å². The number of carbonyl (C=O) groups excluding carboxylic acids is 1. The lowest BCUT2D eigenvalue weighted by atomic mass is 10.2. The van der Waals surface area contributed by atoms with E-state index in [0.717, 1.165) is 38.3 Å². The van der Waals surface area contributed by atoms with Crippen LogP contribution in [-0.2, 0) is 7.05 Å². The minimum absolute atomic E-state index is 0.0525. The minimum Gasteiger partial charge on any atom is -0.490 e. The van der Waals surface area contributed by atoms with Gasteiger partial charge in [-0.05, 0) is 38.1 Å². The molecule has 28 heavy (non-hydrogen) atoms. The molecular formula is C20H30N6O2. The summed E-state index contributed by atoms with van der Waals surface area (Å²) >= 11 is 0. The molecule has 2 amide bonds. The molecule has 1 fully saturated rings. The monoisotopic (exact) mass is 386 g/mol. The summed E-state index contributed by atoms with van der Waals surface area (Å²) in [4.78, 5) is 17.1. The molecule has 2 heterocycles. The van der Waals surface area contributed by atoms with Crippen molar-refractivity contribution in [3.05, 3.63) is 36.4 Å². The smallest absolute Gasteiger partial charge is 0.322 e. The second kappa shape index (κ2) is 9.54. The van der Waals surface area contributed by atoms with Crippen LogP contribution in [0, 0.1) is 0 Å². The highest BCUT2D eigenvalue weighted by molar-refractivity contribution is 5.91. The average Bonchev–Trinajstić information content (AvgIpc) is 3.35. The Hall–Kier alpha value is -2.61. The second-order valence-corrected chi connectivity index (χ2v) is 6.95. The highest BCUT2D eigenvalue weighted by Gasteiger charge is 2.33. The van der Waals surface area contributed by atoms with E-state index in [9.17, 15) is 4.79 Å². The number of benzene rings is 1. The third-order valence-electron chi connectivity index (χ3n) is 5.25. The quantitative estimate of drug-likeness (QED) is 0.755. The summed E-state index contributed by atoms with van der Waals surface area (Å²) in [6, 6.07) is 7.39. The molecule has 3 rings (SSSR count). The largest absolute Gasteiger partial charge is 0.490 e. The molecule has 0 aliphatic carbocycles. The molecule has 1 aromatic heterocycles. The van der Waals surface area contributed by atoms with Crippen molar-refractivity contribution < 1.29 is 9.53 Å². The summed E-state index contributed by atoms with van der Waals surface area (Å²) in [7, 11) is 1.91. The predicted molar refractivity (Wildman–Crippen MR) is 108 cm³/mol. The Morgan fingerprint density at radius 1 is 1.32 bits per heavy atom. The third kappa shape index (κ3) is 4.62. The number of aromatic nitrogens is 3. The maximum absolute atomic E-state index is 13.0. The number of nitrogens with zero attached hydrogens (tertiary/aromatic N) is 5. The van der Waals surface area contributed by atoms with Crippen LogP contribution in [0.5, 0.6) is 5.75 Å². The molecule has 1 atom stereocenters. The van der Waals surface area contributed by atoms with Gasteiger partial charge in [-0.3, -0.25) is 0 Å². The zero-order chi connectivity index (χ0) is 19.9. The number of anilines is 1. The van der Waals surface area contributed by atoms with Gasteiger partial charge in [0.1, 0.15) is 18.7 Å². The lowest BCUT2D eigenvalue weighted by molar-refractivity contribution is 0.203. The van der Waals surface area contributed by atoms with Gasteiger partial charge in [-0.2, -0.15) is 0 Å². The Morgan fingerprint density at radius 3 is 2.82 bits per heavy atom. The van der Waals surface area contributed by atoms with Crippen LogP contribution in [0.2, 0.25) is 0 Å². The summed E-state index contributed by atoms with van der Waals surface area (Å²) in [5.41, 5.74) is 0.690. The molecule has 8 nitrogen and oxygen atoms in total. The first kappa shape index (κ1) is 20.1. The summed E-state index contributed by atoms with van der Waals surface area (Å²) < 4.78 is 7.83. The fourth-order valence-corrected chi connectivity index (χ4v) is 3.58. The number of aryl methyl sites for hydroxylation is 1.